The Labute approximate surface area is 155 Å². The Bertz CT molecular complexity index is 880. The monoisotopic (exact) mass is 369 g/mol. The van der Waals surface area contributed by atoms with Crippen molar-refractivity contribution in [3.8, 4) is 10.6 Å². The van der Waals surface area contributed by atoms with E-state index in [1.807, 2.05) is 35.2 Å². The average molecular weight is 370 g/mol. The Hall–Kier alpha value is -2.18. The van der Waals surface area contributed by atoms with Crippen LogP contribution in [-0.4, -0.2) is 24.0 Å². The van der Waals surface area contributed by atoms with Crippen LogP contribution in [0.3, 0.4) is 0 Å². The summed E-state index contributed by atoms with van der Waals surface area (Å²) in [7, 11) is 0. The molecule has 6 heteroatoms. The largest absolute Gasteiger partial charge is 0.372 e. The molecule has 1 N–H and O–H groups in total. The summed E-state index contributed by atoms with van der Waals surface area (Å²) < 4.78 is 0. The fourth-order valence-corrected chi connectivity index (χ4v) is 4.56. The summed E-state index contributed by atoms with van der Waals surface area (Å²) >= 11 is 3.13. The van der Waals surface area contributed by atoms with E-state index in [0.29, 0.717) is 5.69 Å². The lowest BCUT2D eigenvalue weighted by Gasteiger charge is -2.19. The number of hydrogen-bond acceptors (Lipinski definition) is 5. The highest BCUT2D eigenvalue weighted by Crippen LogP contribution is 2.28. The van der Waals surface area contributed by atoms with Crippen LogP contribution < -0.4 is 10.2 Å². The number of carbonyl (C=O) groups is 1. The number of aryl methyl sites for hydroxylation is 1. The maximum Gasteiger partial charge on any atom is 0.275 e. The zero-order chi connectivity index (χ0) is 17.2. The van der Waals surface area contributed by atoms with Gasteiger partial charge in [0, 0.05) is 40.8 Å². The van der Waals surface area contributed by atoms with E-state index in [9.17, 15) is 4.79 Å². The lowest BCUT2D eigenvalue weighted by Crippen LogP contribution is -2.18. The Morgan fingerprint density at radius 2 is 2.04 bits per heavy atom. The van der Waals surface area contributed by atoms with Crippen LogP contribution in [-0.2, 0) is 0 Å². The van der Waals surface area contributed by atoms with Crippen molar-refractivity contribution in [1.82, 2.24) is 4.98 Å². The van der Waals surface area contributed by atoms with Crippen LogP contribution in [0, 0.1) is 6.92 Å². The topological polar surface area (TPSA) is 45.2 Å². The molecule has 3 heterocycles. The molecule has 1 fully saturated rings. The summed E-state index contributed by atoms with van der Waals surface area (Å²) in [5.74, 6) is -0.158. The molecule has 2 aromatic heterocycles. The van der Waals surface area contributed by atoms with Gasteiger partial charge in [-0.1, -0.05) is 0 Å². The SMILES string of the molecule is Cc1cc(N2CCCC2)ccc1NC(=O)c1csc(-c2ccsc2)n1. The van der Waals surface area contributed by atoms with Gasteiger partial charge in [0.05, 0.1) is 0 Å². The van der Waals surface area contributed by atoms with Crippen LogP contribution in [0.5, 0.6) is 0 Å². The predicted molar refractivity (Wildman–Crippen MR) is 106 cm³/mol. The van der Waals surface area contributed by atoms with Gasteiger partial charge in [-0.3, -0.25) is 4.79 Å². The van der Waals surface area contributed by atoms with Crippen molar-refractivity contribution >= 4 is 40.0 Å². The number of nitrogens with one attached hydrogen (secondary N) is 1. The first-order valence-electron chi connectivity index (χ1n) is 8.36. The lowest BCUT2D eigenvalue weighted by molar-refractivity contribution is 0.102. The molecular weight excluding hydrogens is 350 g/mol. The third kappa shape index (κ3) is 3.45. The molecule has 0 atom stereocenters. The Balaban J connectivity index is 1.49. The second-order valence-corrected chi connectivity index (χ2v) is 7.84. The zero-order valence-electron chi connectivity index (χ0n) is 14.0. The molecule has 4 rings (SSSR count). The van der Waals surface area contributed by atoms with Crippen molar-refractivity contribution in [2.45, 2.75) is 19.8 Å². The van der Waals surface area contributed by atoms with Crippen molar-refractivity contribution in [2.24, 2.45) is 0 Å². The molecule has 1 saturated heterocycles. The third-order valence-corrected chi connectivity index (χ3v) is 6.01. The number of benzene rings is 1. The normalized spacial score (nSPS) is 14.0. The lowest BCUT2D eigenvalue weighted by atomic mass is 10.1. The minimum absolute atomic E-state index is 0.158. The van der Waals surface area contributed by atoms with Crippen molar-refractivity contribution in [1.29, 1.82) is 0 Å². The number of nitrogens with zero attached hydrogens (tertiary/aromatic N) is 2. The highest BCUT2D eigenvalue weighted by atomic mass is 32.1. The van der Waals surface area contributed by atoms with Crippen molar-refractivity contribution < 1.29 is 4.79 Å². The molecule has 0 saturated carbocycles. The summed E-state index contributed by atoms with van der Waals surface area (Å²) in [6.07, 6.45) is 2.52. The summed E-state index contributed by atoms with van der Waals surface area (Å²) in [6, 6.07) is 8.25. The standard InChI is InChI=1S/C19H19N3OS2/c1-13-10-15(22-7-2-3-8-22)4-5-16(13)20-18(23)17-12-25-19(21-17)14-6-9-24-11-14/h4-6,9-12H,2-3,7-8H2,1H3,(H,20,23). The molecule has 1 amide bonds. The Morgan fingerprint density at radius 1 is 1.20 bits per heavy atom. The molecule has 0 radical (unpaired) electrons. The van der Waals surface area contributed by atoms with E-state index < -0.39 is 0 Å². The quantitative estimate of drug-likeness (QED) is 0.701. The second kappa shape index (κ2) is 6.98. The number of hydrogen-bond donors (Lipinski definition) is 1. The molecule has 0 bridgehead atoms. The number of thiophene rings is 1. The number of rotatable bonds is 4. The average Bonchev–Trinajstić information content (AvgIpc) is 3.37. The van der Waals surface area contributed by atoms with Gasteiger partial charge >= 0.3 is 0 Å². The Morgan fingerprint density at radius 3 is 2.76 bits per heavy atom. The van der Waals surface area contributed by atoms with E-state index in [1.54, 1.807) is 11.3 Å². The van der Waals surface area contributed by atoms with Crippen molar-refractivity contribution in [3.05, 3.63) is 51.7 Å². The molecule has 1 aliphatic heterocycles. The molecule has 0 spiro atoms. The van der Waals surface area contributed by atoms with Gasteiger partial charge in [0.15, 0.2) is 0 Å². The fraction of sp³-hybridized carbons (Fsp3) is 0.263. The van der Waals surface area contributed by atoms with Crippen LogP contribution >= 0.6 is 22.7 Å². The molecule has 0 unspecified atom stereocenters. The summed E-state index contributed by atoms with van der Waals surface area (Å²) in [4.78, 5) is 19.4. The summed E-state index contributed by atoms with van der Waals surface area (Å²) in [6.45, 7) is 4.28. The predicted octanol–water partition coefficient (Wildman–Crippen LogP) is 5.03. The first-order valence-corrected chi connectivity index (χ1v) is 10.2. The van der Waals surface area contributed by atoms with Gasteiger partial charge in [0.25, 0.3) is 5.91 Å². The van der Waals surface area contributed by atoms with Gasteiger partial charge in [-0.15, -0.1) is 11.3 Å². The van der Waals surface area contributed by atoms with E-state index in [-0.39, 0.29) is 5.91 Å². The smallest absolute Gasteiger partial charge is 0.275 e. The van der Waals surface area contributed by atoms with Crippen LogP contribution in [0.1, 0.15) is 28.9 Å². The Kier molecular flexibility index (Phi) is 4.55. The highest BCUT2D eigenvalue weighted by molar-refractivity contribution is 7.14. The van der Waals surface area contributed by atoms with E-state index in [1.165, 1.54) is 29.9 Å². The number of thiazole rings is 1. The van der Waals surface area contributed by atoms with Crippen LogP contribution in [0.15, 0.2) is 40.4 Å². The second-order valence-electron chi connectivity index (χ2n) is 6.20. The number of aromatic nitrogens is 1. The first kappa shape index (κ1) is 16.3. The number of amides is 1. The summed E-state index contributed by atoms with van der Waals surface area (Å²) in [5.41, 5.74) is 4.69. The highest BCUT2D eigenvalue weighted by Gasteiger charge is 2.16. The molecule has 0 aliphatic carbocycles. The number of carbonyl (C=O) groups excluding carboxylic acids is 1. The van der Waals surface area contributed by atoms with Gasteiger partial charge < -0.3 is 10.2 Å². The fourth-order valence-electron chi connectivity index (χ4n) is 3.04. The first-order chi connectivity index (χ1) is 12.2. The van der Waals surface area contributed by atoms with Crippen molar-refractivity contribution in [3.63, 3.8) is 0 Å². The molecule has 128 valence electrons. The number of anilines is 2. The molecule has 1 aromatic carbocycles. The van der Waals surface area contributed by atoms with E-state index in [2.05, 4.69) is 27.3 Å². The van der Waals surface area contributed by atoms with Gasteiger partial charge in [-0.2, -0.15) is 11.3 Å². The third-order valence-electron chi connectivity index (χ3n) is 4.43. The van der Waals surface area contributed by atoms with Crippen LogP contribution in [0.4, 0.5) is 11.4 Å². The van der Waals surface area contributed by atoms with E-state index in [4.69, 9.17) is 0 Å². The van der Waals surface area contributed by atoms with Gasteiger partial charge in [-0.05, 0) is 55.0 Å². The molecule has 3 aromatic rings. The molecule has 4 nitrogen and oxygen atoms in total. The van der Waals surface area contributed by atoms with E-state index >= 15 is 0 Å². The minimum Gasteiger partial charge on any atom is -0.372 e. The molecule has 1 aliphatic rings. The van der Waals surface area contributed by atoms with E-state index in [0.717, 1.165) is 34.9 Å². The molecular formula is C19H19N3OS2. The molecule has 25 heavy (non-hydrogen) atoms. The van der Waals surface area contributed by atoms with Crippen LogP contribution in [0.2, 0.25) is 0 Å². The summed E-state index contributed by atoms with van der Waals surface area (Å²) in [5, 5.41) is 9.75. The van der Waals surface area contributed by atoms with Crippen molar-refractivity contribution in [2.75, 3.05) is 23.3 Å². The minimum atomic E-state index is -0.158. The zero-order valence-corrected chi connectivity index (χ0v) is 15.6. The van der Waals surface area contributed by atoms with Gasteiger partial charge in [0.1, 0.15) is 10.7 Å². The van der Waals surface area contributed by atoms with Gasteiger partial charge in [0.2, 0.25) is 0 Å². The maximum absolute atomic E-state index is 12.5. The van der Waals surface area contributed by atoms with Gasteiger partial charge in [-0.25, -0.2) is 4.98 Å². The maximum atomic E-state index is 12.5. The van der Waals surface area contributed by atoms with Crippen LogP contribution in [0.25, 0.3) is 10.6 Å².